The lowest BCUT2D eigenvalue weighted by atomic mass is 10.0. The molecule has 0 bridgehead atoms. The second kappa shape index (κ2) is 7.55. The maximum absolute atomic E-state index is 12.3. The number of ether oxygens (including phenoxy) is 1. The van der Waals surface area contributed by atoms with E-state index in [1.54, 1.807) is 4.90 Å². The summed E-state index contributed by atoms with van der Waals surface area (Å²) in [6.07, 6.45) is 1.19. The second-order valence-electron chi connectivity index (χ2n) is 7.18. The fourth-order valence-corrected chi connectivity index (χ4v) is 2.83. The summed E-state index contributed by atoms with van der Waals surface area (Å²) >= 11 is 3.44. The Balaban J connectivity index is 1.85. The predicted molar refractivity (Wildman–Crippen MR) is 97.2 cm³/mol. The van der Waals surface area contributed by atoms with Gasteiger partial charge in [-0.1, -0.05) is 15.9 Å². The van der Waals surface area contributed by atoms with E-state index in [4.69, 9.17) is 4.74 Å². The summed E-state index contributed by atoms with van der Waals surface area (Å²) in [4.78, 5) is 26.1. The van der Waals surface area contributed by atoms with Gasteiger partial charge in [-0.3, -0.25) is 4.79 Å². The third-order valence-corrected chi connectivity index (χ3v) is 4.79. The van der Waals surface area contributed by atoms with E-state index >= 15 is 0 Å². The molecule has 132 valence electrons. The number of piperidine rings is 1. The van der Waals surface area contributed by atoms with Gasteiger partial charge in [0.15, 0.2) is 0 Å². The van der Waals surface area contributed by atoms with Gasteiger partial charge in [0.1, 0.15) is 5.60 Å². The minimum Gasteiger partial charge on any atom is -0.444 e. The zero-order valence-corrected chi connectivity index (χ0v) is 16.3. The number of nitrogens with zero attached hydrogens (tertiary/aromatic N) is 1. The molecule has 0 aliphatic carbocycles. The molecule has 1 saturated heterocycles. The molecule has 2 amide bonds. The van der Waals surface area contributed by atoms with E-state index < -0.39 is 5.60 Å². The zero-order valence-electron chi connectivity index (χ0n) is 14.7. The van der Waals surface area contributed by atoms with E-state index in [0.29, 0.717) is 18.7 Å². The molecule has 1 heterocycles. The van der Waals surface area contributed by atoms with Crippen LogP contribution in [0.3, 0.4) is 0 Å². The van der Waals surface area contributed by atoms with Crippen LogP contribution in [0.25, 0.3) is 0 Å². The van der Waals surface area contributed by atoms with Crippen LogP contribution >= 0.6 is 15.9 Å². The fourth-order valence-electron chi connectivity index (χ4n) is 2.59. The maximum Gasteiger partial charge on any atom is 0.410 e. The molecule has 1 aliphatic heterocycles. The van der Waals surface area contributed by atoms with Crippen LogP contribution in [0, 0.1) is 6.92 Å². The van der Waals surface area contributed by atoms with Crippen molar-refractivity contribution >= 4 is 27.9 Å². The summed E-state index contributed by atoms with van der Waals surface area (Å²) in [6.45, 7) is 8.73. The van der Waals surface area contributed by atoms with Crippen LogP contribution in [0.4, 0.5) is 4.79 Å². The van der Waals surface area contributed by atoms with Gasteiger partial charge >= 0.3 is 6.09 Å². The standard InChI is InChI=1S/C18H25BrN2O3/c1-12-11-13(5-6-15(12)19)16(22)20-14-7-9-21(10-8-14)17(23)24-18(2,3)4/h5-6,11,14H,7-10H2,1-4H3,(H,20,22). The van der Waals surface area contributed by atoms with E-state index in [2.05, 4.69) is 21.2 Å². The Morgan fingerprint density at radius 2 is 1.88 bits per heavy atom. The van der Waals surface area contributed by atoms with Gasteiger partial charge in [0.05, 0.1) is 0 Å². The van der Waals surface area contributed by atoms with E-state index in [0.717, 1.165) is 22.9 Å². The first-order chi connectivity index (χ1) is 11.2. The molecule has 2 rings (SSSR count). The number of aryl methyl sites for hydroxylation is 1. The normalized spacial score (nSPS) is 16.0. The summed E-state index contributed by atoms with van der Waals surface area (Å²) in [6, 6.07) is 5.65. The lowest BCUT2D eigenvalue weighted by Gasteiger charge is -2.33. The molecular formula is C18H25BrN2O3. The molecule has 0 aromatic heterocycles. The monoisotopic (exact) mass is 396 g/mol. The zero-order chi connectivity index (χ0) is 17.9. The number of benzene rings is 1. The van der Waals surface area contributed by atoms with Crippen LogP contribution in [0.15, 0.2) is 22.7 Å². The van der Waals surface area contributed by atoms with Crippen LogP contribution in [-0.4, -0.2) is 41.6 Å². The smallest absolute Gasteiger partial charge is 0.410 e. The molecule has 5 nitrogen and oxygen atoms in total. The summed E-state index contributed by atoms with van der Waals surface area (Å²) in [5, 5.41) is 3.06. The number of amides is 2. The van der Waals surface area contributed by atoms with Gasteiger partial charge in [-0.05, 0) is 64.3 Å². The lowest BCUT2D eigenvalue weighted by molar-refractivity contribution is 0.0199. The first kappa shape index (κ1) is 18.8. The summed E-state index contributed by atoms with van der Waals surface area (Å²) in [7, 11) is 0. The van der Waals surface area contributed by atoms with Crippen molar-refractivity contribution in [2.45, 2.75) is 52.2 Å². The Hall–Kier alpha value is -1.56. The molecule has 24 heavy (non-hydrogen) atoms. The Labute approximate surface area is 151 Å². The molecule has 6 heteroatoms. The van der Waals surface area contributed by atoms with Crippen LogP contribution in [-0.2, 0) is 4.74 Å². The number of hydrogen-bond donors (Lipinski definition) is 1. The molecule has 0 atom stereocenters. The third kappa shape index (κ3) is 5.23. The van der Waals surface area contributed by atoms with Crippen molar-refractivity contribution in [2.75, 3.05) is 13.1 Å². The highest BCUT2D eigenvalue weighted by atomic mass is 79.9. The minimum absolute atomic E-state index is 0.0682. The van der Waals surface area contributed by atoms with Crippen molar-refractivity contribution in [1.82, 2.24) is 10.2 Å². The van der Waals surface area contributed by atoms with Gasteiger partial charge in [-0.15, -0.1) is 0 Å². The summed E-state index contributed by atoms with van der Waals surface area (Å²) in [5.74, 6) is -0.0682. The van der Waals surface area contributed by atoms with Crippen molar-refractivity contribution < 1.29 is 14.3 Å². The molecule has 1 aliphatic rings. The van der Waals surface area contributed by atoms with Gasteiger partial charge in [-0.2, -0.15) is 0 Å². The molecule has 0 spiro atoms. The molecule has 1 fully saturated rings. The Kier molecular flexibility index (Phi) is 5.91. The molecule has 0 radical (unpaired) electrons. The number of likely N-dealkylation sites (tertiary alicyclic amines) is 1. The summed E-state index contributed by atoms with van der Waals surface area (Å²) in [5.41, 5.74) is 1.20. The van der Waals surface area contributed by atoms with Crippen LogP contribution in [0.5, 0.6) is 0 Å². The Morgan fingerprint density at radius 1 is 1.25 bits per heavy atom. The van der Waals surface area contributed by atoms with Gasteiger partial charge in [0.2, 0.25) is 0 Å². The number of carbonyl (C=O) groups excluding carboxylic acids is 2. The highest BCUT2D eigenvalue weighted by molar-refractivity contribution is 9.10. The van der Waals surface area contributed by atoms with Crippen molar-refractivity contribution in [3.63, 3.8) is 0 Å². The average molecular weight is 397 g/mol. The van der Waals surface area contributed by atoms with E-state index in [9.17, 15) is 9.59 Å². The van der Waals surface area contributed by atoms with Crippen LogP contribution in [0.2, 0.25) is 0 Å². The number of carbonyl (C=O) groups is 2. The number of hydrogen-bond acceptors (Lipinski definition) is 3. The molecule has 0 unspecified atom stereocenters. The topological polar surface area (TPSA) is 58.6 Å². The SMILES string of the molecule is Cc1cc(C(=O)NC2CCN(C(=O)OC(C)(C)C)CC2)ccc1Br. The molecular weight excluding hydrogens is 372 g/mol. The third-order valence-electron chi connectivity index (χ3n) is 3.90. The lowest BCUT2D eigenvalue weighted by Crippen LogP contribution is -2.47. The molecule has 1 aromatic carbocycles. The van der Waals surface area contributed by atoms with Gasteiger partial charge < -0.3 is 15.0 Å². The molecule has 0 saturated carbocycles. The number of halogens is 1. The van der Waals surface area contributed by atoms with Crippen molar-refractivity contribution in [1.29, 1.82) is 0 Å². The molecule has 1 aromatic rings. The van der Waals surface area contributed by atoms with Crippen LogP contribution in [0.1, 0.15) is 49.5 Å². The quantitative estimate of drug-likeness (QED) is 0.824. The number of nitrogens with one attached hydrogen (secondary N) is 1. The highest BCUT2D eigenvalue weighted by Crippen LogP contribution is 2.18. The van der Waals surface area contributed by atoms with E-state index in [1.807, 2.05) is 45.9 Å². The van der Waals surface area contributed by atoms with Gasteiger partial charge in [-0.25, -0.2) is 4.79 Å². The Bertz CT molecular complexity index is 617. The summed E-state index contributed by atoms with van der Waals surface area (Å²) < 4.78 is 6.37. The maximum atomic E-state index is 12.3. The van der Waals surface area contributed by atoms with Crippen molar-refractivity contribution in [2.24, 2.45) is 0 Å². The second-order valence-corrected chi connectivity index (χ2v) is 8.03. The predicted octanol–water partition coefficient (Wildman–Crippen LogP) is 3.89. The highest BCUT2D eigenvalue weighted by Gasteiger charge is 2.27. The first-order valence-electron chi connectivity index (χ1n) is 8.20. The van der Waals surface area contributed by atoms with E-state index in [1.165, 1.54) is 0 Å². The van der Waals surface area contributed by atoms with Crippen molar-refractivity contribution in [3.8, 4) is 0 Å². The van der Waals surface area contributed by atoms with Gasteiger partial charge in [0, 0.05) is 29.2 Å². The van der Waals surface area contributed by atoms with E-state index in [-0.39, 0.29) is 18.0 Å². The van der Waals surface area contributed by atoms with Gasteiger partial charge in [0.25, 0.3) is 5.91 Å². The van der Waals surface area contributed by atoms with Crippen LogP contribution < -0.4 is 5.32 Å². The number of rotatable bonds is 2. The average Bonchev–Trinajstić information content (AvgIpc) is 2.49. The Morgan fingerprint density at radius 3 is 2.42 bits per heavy atom. The molecule has 1 N–H and O–H groups in total. The largest absolute Gasteiger partial charge is 0.444 e. The minimum atomic E-state index is -0.485. The first-order valence-corrected chi connectivity index (χ1v) is 9.00. The van der Waals surface area contributed by atoms with Crippen molar-refractivity contribution in [3.05, 3.63) is 33.8 Å². The fraction of sp³-hybridized carbons (Fsp3) is 0.556.